The minimum absolute atomic E-state index is 0.226. The number of nitrogens with one attached hydrogen (secondary N) is 1. The second-order valence-corrected chi connectivity index (χ2v) is 4.33. The van der Waals surface area contributed by atoms with Crippen molar-refractivity contribution in [2.75, 3.05) is 29.9 Å². The minimum Gasteiger partial charge on any atom is -0.396 e. The van der Waals surface area contributed by atoms with Crippen molar-refractivity contribution < 1.29 is 5.11 Å². The number of aliphatic hydroxyl groups is 1. The molecule has 4 nitrogen and oxygen atoms in total. The van der Waals surface area contributed by atoms with Gasteiger partial charge in [0.1, 0.15) is 0 Å². The molecule has 0 atom stereocenters. The van der Waals surface area contributed by atoms with Gasteiger partial charge in [-0.25, -0.2) is 0 Å². The van der Waals surface area contributed by atoms with Gasteiger partial charge in [0.15, 0.2) is 0 Å². The molecule has 2 N–H and O–H groups in total. The molecule has 0 spiro atoms. The molecule has 0 aliphatic heterocycles. The van der Waals surface area contributed by atoms with E-state index in [1.807, 2.05) is 12.4 Å². The summed E-state index contributed by atoms with van der Waals surface area (Å²) in [5.41, 5.74) is 2.14. The Hall–Kier alpha value is -1.29. The zero-order chi connectivity index (χ0) is 12.7. The Morgan fingerprint density at radius 2 is 2.18 bits per heavy atom. The molecule has 1 aromatic heterocycles. The SMILES string of the molecule is CCNc1cncc(N(CCCO)C(C)C)c1. The van der Waals surface area contributed by atoms with E-state index in [9.17, 15) is 0 Å². The number of hydrogen-bond donors (Lipinski definition) is 2. The summed E-state index contributed by atoms with van der Waals surface area (Å²) in [4.78, 5) is 6.50. The highest BCUT2D eigenvalue weighted by Crippen LogP contribution is 2.20. The predicted octanol–water partition coefficient (Wildman–Crippen LogP) is 2.11. The first-order chi connectivity index (χ1) is 8.19. The van der Waals surface area contributed by atoms with Crippen molar-refractivity contribution >= 4 is 11.4 Å². The Kier molecular flexibility index (Phi) is 5.77. The van der Waals surface area contributed by atoms with Crippen molar-refractivity contribution in [1.82, 2.24) is 4.98 Å². The Bertz CT molecular complexity index is 328. The van der Waals surface area contributed by atoms with Crippen molar-refractivity contribution in [3.05, 3.63) is 18.5 Å². The quantitative estimate of drug-likeness (QED) is 0.762. The molecule has 1 heterocycles. The molecule has 0 unspecified atom stereocenters. The second kappa shape index (κ2) is 7.12. The number of rotatable bonds is 7. The monoisotopic (exact) mass is 237 g/mol. The van der Waals surface area contributed by atoms with Crippen LogP contribution in [-0.4, -0.2) is 35.8 Å². The van der Waals surface area contributed by atoms with Gasteiger partial charge in [-0.3, -0.25) is 4.98 Å². The van der Waals surface area contributed by atoms with Crippen LogP contribution in [0.1, 0.15) is 27.2 Å². The number of hydrogen-bond acceptors (Lipinski definition) is 4. The van der Waals surface area contributed by atoms with E-state index in [2.05, 4.69) is 42.0 Å². The molecule has 1 aromatic rings. The van der Waals surface area contributed by atoms with Crippen LogP contribution in [0.5, 0.6) is 0 Å². The number of aliphatic hydroxyl groups excluding tert-OH is 1. The molecular formula is C13H23N3O. The normalized spacial score (nSPS) is 10.6. The first-order valence-corrected chi connectivity index (χ1v) is 6.25. The lowest BCUT2D eigenvalue weighted by Crippen LogP contribution is -2.32. The number of aromatic nitrogens is 1. The fraction of sp³-hybridized carbons (Fsp3) is 0.615. The number of nitrogens with zero attached hydrogens (tertiary/aromatic N) is 2. The molecular weight excluding hydrogens is 214 g/mol. The Balaban J connectivity index is 2.81. The van der Waals surface area contributed by atoms with Gasteiger partial charge in [0, 0.05) is 25.7 Å². The van der Waals surface area contributed by atoms with Gasteiger partial charge < -0.3 is 15.3 Å². The van der Waals surface area contributed by atoms with E-state index >= 15 is 0 Å². The van der Waals surface area contributed by atoms with Crippen molar-refractivity contribution in [3.63, 3.8) is 0 Å². The lowest BCUT2D eigenvalue weighted by molar-refractivity contribution is 0.288. The molecule has 0 aliphatic carbocycles. The van der Waals surface area contributed by atoms with Gasteiger partial charge in [0.2, 0.25) is 0 Å². The van der Waals surface area contributed by atoms with Gasteiger partial charge in [-0.2, -0.15) is 0 Å². The maximum Gasteiger partial charge on any atom is 0.0575 e. The standard InChI is InChI=1S/C13H23N3O/c1-4-15-12-8-13(10-14-9-12)16(11(2)3)6-5-7-17/h8-11,15,17H,4-7H2,1-3H3. The highest BCUT2D eigenvalue weighted by Gasteiger charge is 2.10. The van der Waals surface area contributed by atoms with Crippen LogP contribution in [0.2, 0.25) is 0 Å². The maximum absolute atomic E-state index is 8.93. The summed E-state index contributed by atoms with van der Waals surface area (Å²) in [6, 6.07) is 2.51. The van der Waals surface area contributed by atoms with Crippen LogP contribution in [0.4, 0.5) is 11.4 Å². The molecule has 1 rings (SSSR count). The zero-order valence-electron chi connectivity index (χ0n) is 11.0. The zero-order valence-corrected chi connectivity index (χ0v) is 11.0. The highest BCUT2D eigenvalue weighted by atomic mass is 16.3. The largest absolute Gasteiger partial charge is 0.396 e. The van der Waals surface area contributed by atoms with Crippen LogP contribution in [0.15, 0.2) is 18.5 Å². The predicted molar refractivity (Wildman–Crippen MR) is 72.6 cm³/mol. The number of pyridine rings is 1. The molecule has 0 radical (unpaired) electrons. The van der Waals surface area contributed by atoms with Crippen LogP contribution in [-0.2, 0) is 0 Å². The Morgan fingerprint density at radius 1 is 1.41 bits per heavy atom. The van der Waals surface area contributed by atoms with E-state index < -0.39 is 0 Å². The van der Waals surface area contributed by atoms with Crippen LogP contribution in [0, 0.1) is 0 Å². The van der Waals surface area contributed by atoms with Crippen molar-refractivity contribution in [3.8, 4) is 0 Å². The fourth-order valence-electron chi connectivity index (χ4n) is 1.81. The summed E-state index contributed by atoms with van der Waals surface area (Å²) in [5, 5.41) is 12.2. The Labute approximate surface area is 104 Å². The number of anilines is 2. The molecule has 0 bridgehead atoms. The lowest BCUT2D eigenvalue weighted by atomic mass is 10.2. The average molecular weight is 237 g/mol. The van der Waals surface area contributed by atoms with Crippen LogP contribution in [0.3, 0.4) is 0 Å². The van der Waals surface area contributed by atoms with E-state index in [-0.39, 0.29) is 6.61 Å². The van der Waals surface area contributed by atoms with Crippen molar-refractivity contribution in [2.24, 2.45) is 0 Å². The summed E-state index contributed by atoms with van der Waals surface area (Å²) in [5.74, 6) is 0. The third kappa shape index (κ3) is 4.23. The molecule has 0 fully saturated rings. The molecule has 0 aliphatic rings. The van der Waals surface area contributed by atoms with Crippen LogP contribution < -0.4 is 10.2 Å². The van der Waals surface area contributed by atoms with Gasteiger partial charge in [-0.1, -0.05) is 0 Å². The molecule has 17 heavy (non-hydrogen) atoms. The molecule has 4 heteroatoms. The molecule has 0 saturated carbocycles. The van der Waals surface area contributed by atoms with E-state index in [1.54, 1.807) is 0 Å². The fourth-order valence-corrected chi connectivity index (χ4v) is 1.81. The van der Waals surface area contributed by atoms with Gasteiger partial charge in [0.05, 0.1) is 23.8 Å². The average Bonchev–Trinajstić information content (AvgIpc) is 2.30. The van der Waals surface area contributed by atoms with Gasteiger partial charge in [0.25, 0.3) is 0 Å². The Morgan fingerprint density at radius 3 is 2.76 bits per heavy atom. The van der Waals surface area contributed by atoms with Gasteiger partial charge in [-0.15, -0.1) is 0 Å². The van der Waals surface area contributed by atoms with E-state index in [0.29, 0.717) is 6.04 Å². The maximum atomic E-state index is 8.93. The topological polar surface area (TPSA) is 48.4 Å². The smallest absolute Gasteiger partial charge is 0.0575 e. The summed E-state index contributed by atoms with van der Waals surface area (Å²) in [7, 11) is 0. The van der Waals surface area contributed by atoms with Crippen LogP contribution >= 0.6 is 0 Å². The van der Waals surface area contributed by atoms with Gasteiger partial charge >= 0.3 is 0 Å². The molecule has 96 valence electrons. The highest BCUT2D eigenvalue weighted by molar-refractivity contribution is 5.55. The summed E-state index contributed by atoms with van der Waals surface area (Å²) >= 11 is 0. The third-order valence-electron chi connectivity index (χ3n) is 2.62. The summed E-state index contributed by atoms with van der Waals surface area (Å²) < 4.78 is 0. The van der Waals surface area contributed by atoms with Crippen molar-refractivity contribution in [2.45, 2.75) is 33.2 Å². The van der Waals surface area contributed by atoms with E-state index in [1.165, 1.54) is 0 Å². The van der Waals surface area contributed by atoms with Crippen LogP contribution in [0.25, 0.3) is 0 Å². The summed E-state index contributed by atoms with van der Waals surface area (Å²) in [6.45, 7) is 8.34. The molecule has 0 aromatic carbocycles. The lowest BCUT2D eigenvalue weighted by Gasteiger charge is -2.28. The first kappa shape index (κ1) is 13.8. The molecule has 0 saturated heterocycles. The second-order valence-electron chi connectivity index (χ2n) is 4.33. The van der Waals surface area contributed by atoms with E-state index in [4.69, 9.17) is 5.11 Å². The summed E-state index contributed by atoms with van der Waals surface area (Å²) in [6.07, 6.45) is 4.49. The van der Waals surface area contributed by atoms with E-state index in [0.717, 1.165) is 30.9 Å². The van der Waals surface area contributed by atoms with Gasteiger partial charge in [-0.05, 0) is 33.3 Å². The first-order valence-electron chi connectivity index (χ1n) is 6.25. The minimum atomic E-state index is 0.226. The van der Waals surface area contributed by atoms with Crippen molar-refractivity contribution in [1.29, 1.82) is 0 Å². The molecule has 0 amide bonds. The third-order valence-corrected chi connectivity index (χ3v) is 2.62.